The van der Waals surface area contributed by atoms with E-state index in [1.807, 2.05) is 0 Å². The molecule has 1 aliphatic heterocycles. The van der Waals surface area contributed by atoms with Gasteiger partial charge >= 0.3 is 0 Å². The SMILES string of the molecule is CC1(C)CN(c2nccc(N)n2)CC(C)(C)O1. The molecule has 1 aromatic heterocycles. The van der Waals surface area contributed by atoms with Crippen molar-refractivity contribution in [3.05, 3.63) is 12.3 Å². The number of anilines is 2. The first kappa shape index (κ1) is 12.1. The predicted molar refractivity (Wildman–Crippen MR) is 67.9 cm³/mol. The molecule has 0 saturated carbocycles. The molecule has 5 nitrogen and oxygen atoms in total. The average Bonchev–Trinajstić information content (AvgIpc) is 2.12. The Bertz CT molecular complexity index is 401. The fourth-order valence-electron chi connectivity index (χ4n) is 2.44. The van der Waals surface area contributed by atoms with Gasteiger partial charge in [0.15, 0.2) is 0 Å². The summed E-state index contributed by atoms with van der Waals surface area (Å²) >= 11 is 0. The highest BCUT2D eigenvalue weighted by atomic mass is 16.5. The van der Waals surface area contributed by atoms with Crippen LogP contribution >= 0.6 is 0 Å². The molecule has 0 aromatic carbocycles. The van der Waals surface area contributed by atoms with Crippen LogP contribution in [0.3, 0.4) is 0 Å². The molecular weight excluding hydrogens is 216 g/mol. The van der Waals surface area contributed by atoms with E-state index in [0.717, 1.165) is 13.1 Å². The minimum Gasteiger partial charge on any atom is -0.384 e. The first-order valence-electron chi connectivity index (χ1n) is 5.81. The minimum atomic E-state index is -0.213. The van der Waals surface area contributed by atoms with Crippen LogP contribution < -0.4 is 10.6 Å². The van der Waals surface area contributed by atoms with Gasteiger partial charge in [0.25, 0.3) is 0 Å². The molecule has 2 heterocycles. The molecule has 17 heavy (non-hydrogen) atoms. The van der Waals surface area contributed by atoms with E-state index in [1.165, 1.54) is 0 Å². The molecule has 0 radical (unpaired) electrons. The summed E-state index contributed by atoms with van der Waals surface area (Å²) in [5, 5.41) is 0. The van der Waals surface area contributed by atoms with E-state index in [-0.39, 0.29) is 11.2 Å². The summed E-state index contributed by atoms with van der Waals surface area (Å²) in [5.41, 5.74) is 5.27. The topological polar surface area (TPSA) is 64.3 Å². The minimum absolute atomic E-state index is 0.213. The van der Waals surface area contributed by atoms with Crippen molar-refractivity contribution in [2.24, 2.45) is 0 Å². The van der Waals surface area contributed by atoms with E-state index in [1.54, 1.807) is 12.3 Å². The number of morpholine rings is 1. The summed E-state index contributed by atoms with van der Waals surface area (Å²) in [6, 6.07) is 1.69. The maximum Gasteiger partial charge on any atom is 0.227 e. The second kappa shape index (κ2) is 3.84. The first-order valence-corrected chi connectivity index (χ1v) is 5.81. The lowest BCUT2D eigenvalue weighted by molar-refractivity contribution is -0.133. The summed E-state index contributed by atoms with van der Waals surface area (Å²) < 4.78 is 6.01. The number of nitrogen functional groups attached to an aromatic ring is 1. The molecule has 0 atom stereocenters. The lowest BCUT2D eigenvalue weighted by Crippen LogP contribution is -2.57. The zero-order valence-electron chi connectivity index (χ0n) is 10.9. The molecule has 1 aromatic rings. The number of rotatable bonds is 1. The van der Waals surface area contributed by atoms with Crippen LogP contribution in [0.1, 0.15) is 27.7 Å². The van der Waals surface area contributed by atoms with Gasteiger partial charge < -0.3 is 15.4 Å². The third kappa shape index (κ3) is 2.85. The van der Waals surface area contributed by atoms with Crippen LogP contribution in [0, 0.1) is 0 Å². The molecule has 2 rings (SSSR count). The molecule has 1 aliphatic rings. The third-order valence-electron chi connectivity index (χ3n) is 2.64. The van der Waals surface area contributed by atoms with E-state index in [9.17, 15) is 0 Å². The second-order valence-corrected chi connectivity index (χ2v) is 5.76. The summed E-state index contributed by atoms with van der Waals surface area (Å²) in [4.78, 5) is 10.7. The fraction of sp³-hybridized carbons (Fsp3) is 0.667. The Morgan fingerprint density at radius 1 is 1.24 bits per heavy atom. The Labute approximate surface area is 102 Å². The number of hydrogen-bond acceptors (Lipinski definition) is 5. The van der Waals surface area contributed by atoms with Crippen molar-refractivity contribution in [3.63, 3.8) is 0 Å². The van der Waals surface area contributed by atoms with E-state index < -0.39 is 0 Å². The summed E-state index contributed by atoms with van der Waals surface area (Å²) in [6.07, 6.45) is 1.69. The van der Waals surface area contributed by atoms with Gasteiger partial charge in [-0.1, -0.05) is 0 Å². The third-order valence-corrected chi connectivity index (χ3v) is 2.64. The monoisotopic (exact) mass is 236 g/mol. The van der Waals surface area contributed by atoms with Gasteiger partial charge in [-0.2, -0.15) is 4.98 Å². The van der Waals surface area contributed by atoms with Gasteiger partial charge in [-0.05, 0) is 33.8 Å². The Kier molecular flexibility index (Phi) is 2.73. The van der Waals surface area contributed by atoms with Crippen LogP contribution in [0.4, 0.5) is 11.8 Å². The van der Waals surface area contributed by atoms with E-state index in [2.05, 4.69) is 42.6 Å². The van der Waals surface area contributed by atoms with E-state index in [0.29, 0.717) is 11.8 Å². The van der Waals surface area contributed by atoms with Crippen LogP contribution in [0.25, 0.3) is 0 Å². The maximum absolute atomic E-state index is 6.01. The van der Waals surface area contributed by atoms with Gasteiger partial charge in [0.1, 0.15) is 5.82 Å². The first-order chi connectivity index (χ1) is 7.77. The number of nitrogens with zero attached hydrogens (tertiary/aromatic N) is 3. The van der Waals surface area contributed by atoms with Gasteiger partial charge in [0.2, 0.25) is 5.95 Å². The van der Waals surface area contributed by atoms with Gasteiger partial charge in [0, 0.05) is 19.3 Å². The quantitative estimate of drug-likeness (QED) is 0.799. The van der Waals surface area contributed by atoms with Crippen LogP contribution in [0.5, 0.6) is 0 Å². The Morgan fingerprint density at radius 2 is 1.82 bits per heavy atom. The summed E-state index contributed by atoms with van der Waals surface area (Å²) in [6.45, 7) is 9.83. The molecule has 5 heteroatoms. The lowest BCUT2D eigenvalue weighted by Gasteiger charge is -2.47. The van der Waals surface area contributed by atoms with Crippen molar-refractivity contribution in [2.45, 2.75) is 38.9 Å². The van der Waals surface area contributed by atoms with Crippen molar-refractivity contribution in [3.8, 4) is 0 Å². The van der Waals surface area contributed by atoms with Crippen LogP contribution in [0.15, 0.2) is 12.3 Å². The van der Waals surface area contributed by atoms with E-state index >= 15 is 0 Å². The molecule has 1 saturated heterocycles. The van der Waals surface area contributed by atoms with Crippen LogP contribution in [-0.4, -0.2) is 34.3 Å². The second-order valence-electron chi connectivity index (χ2n) is 5.76. The molecule has 0 bridgehead atoms. The average molecular weight is 236 g/mol. The molecule has 0 spiro atoms. The zero-order valence-corrected chi connectivity index (χ0v) is 10.9. The Hall–Kier alpha value is -1.36. The smallest absolute Gasteiger partial charge is 0.227 e. The Morgan fingerprint density at radius 3 is 2.35 bits per heavy atom. The Balaban J connectivity index is 2.27. The molecule has 94 valence electrons. The largest absolute Gasteiger partial charge is 0.384 e. The molecule has 0 aliphatic carbocycles. The zero-order chi connectivity index (χ0) is 12.7. The number of ether oxygens (including phenoxy) is 1. The van der Waals surface area contributed by atoms with Crippen LogP contribution in [-0.2, 0) is 4.74 Å². The van der Waals surface area contributed by atoms with Gasteiger partial charge in [-0.15, -0.1) is 0 Å². The van der Waals surface area contributed by atoms with E-state index in [4.69, 9.17) is 10.5 Å². The highest BCUT2D eigenvalue weighted by molar-refractivity contribution is 5.39. The van der Waals surface area contributed by atoms with Crippen molar-refractivity contribution in [2.75, 3.05) is 23.7 Å². The van der Waals surface area contributed by atoms with Crippen molar-refractivity contribution in [1.29, 1.82) is 0 Å². The summed E-state index contributed by atoms with van der Waals surface area (Å²) in [5.74, 6) is 1.17. The van der Waals surface area contributed by atoms with Crippen molar-refractivity contribution < 1.29 is 4.74 Å². The van der Waals surface area contributed by atoms with Gasteiger partial charge in [0.05, 0.1) is 11.2 Å². The van der Waals surface area contributed by atoms with Gasteiger partial charge in [-0.25, -0.2) is 4.98 Å². The molecule has 0 amide bonds. The highest BCUT2D eigenvalue weighted by Gasteiger charge is 2.39. The van der Waals surface area contributed by atoms with Crippen molar-refractivity contribution in [1.82, 2.24) is 9.97 Å². The maximum atomic E-state index is 6.01. The number of aromatic nitrogens is 2. The fourth-order valence-corrected chi connectivity index (χ4v) is 2.44. The van der Waals surface area contributed by atoms with Crippen molar-refractivity contribution >= 4 is 11.8 Å². The standard InChI is InChI=1S/C12H20N4O/c1-11(2)7-16(8-12(3,4)17-11)10-14-6-5-9(13)15-10/h5-6H,7-8H2,1-4H3,(H2,13,14,15). The highest BCUT2D eigenvalue weighted by Crippen LogP contribution is 2.29. The lowest BCUT2D eigenvalue weighted by atomic mass is 9.99. The molecule has 0 unspecified atom stereocenters. The van der Waals surface area contributed by atoms with Crippen LogP contribution in [0.2, 0.25) is 0 Å². The predicted octanol–water partition coefficient (Wildman–Crippen LogP) is 1.45. The molecule has 1 fully saturated rings. The number of nitrogens with two attached hydrogens (primary N) is 1. The summed E-state index contributed by atoms with van der Waals surface area (Å²) in [7, 11) is 0. The molecular formula is C12H20N4O. The number of hydrogen-bond donors (Lipinski definition) is 1. The van der Waals surface area contributed by atoms with Gasteiger partial charge in [-0.3, -0.25) is 0 Å². The normalized spacial score (nSPS) is 22.5. The molecule has 2 N–H and O–H groups in total.